The van der Waals surface area contributed by atoms with Crippen LogP contribution in [-0.4, -0.2) is 42.1 Å². The number of primary amides is 2. The van der Waals surface area contributed by atoms with Crippen molar-refractivity contribution in [2.24, 2.45) is 39.5 Å². The van der Waals surface area contributed by atoms with Crippen molar-refractivity contribution in [2.75, 3.05) is 19.6 Å². The molecule has 6 heteroatoms. The van der Waals surface area contributed by atoms with Crippen molar-refractivity contribution in [3.8, 4) is 0 Å². The van der Waals surface area contributed by atoms with Gasteiger partial charge in [0.2, 0.25) is 11.8 Å². The Labute approximate surface area is 186 Å². The predicted molar refractivity (Wildman–Crippen MR) is 120 cm³/mol. The van der Waals surface area contributed by atoms with Gasteiger partial charge in [0.25, 0.3) is 0 Å². The van der Waals surface area contributed by atoms with Crippen molar-refractivity contribution in [3.05, 3.63) is 12.2 Å². The van der Waals surface area contributed by atoms with E-state index in [1.54, 1.807) is 6.92 Å². The van der Waals surface area contributed by atoms with Crippen LogP contribution < -0.4 is 11.5 Å². The molecule has 0 radical (unpaired) electrons. The zero-order valence-electron chi connectivity index (χ0n) is 19.0. The van der Waals surface area contributed by atoms with Crippen LogP contribution >= 0.6 is 0 Å². The van der Waals surface area contributed by atoms with E-state index in [1.165, 1.54) is 25.9 Å². The molecule has 4 atom stereocenters. The first-order chi connectivity index (χ1) is 14.8. The first-order valence-electron chi connectivity index (χ1n) is 12.3. The summed E-state index contributed by atoms with van der Waals surface area (Å²) >= 11 is 0. The molecule has 0 unspecified atom stereocenters. The number of hydrogen-bond donors (Lipinski definition) is 2. The summed E-state index contributed by atoms with van der Waals surface area (Å²) in [6.07, 6.45) is 14.0. The number of carbonyl (C=O) groups is 3. The molecular weight excluding hydrogens is 390 g/mol. The molecule has 0 aromatic heterocycles. The van der Waals surface area contributed by atoms with Gasteiger partial charge in [0, 0.05) is 6.42 Å². The number of nitrogens with zero attached hydrogens (tertiary/aromatic N) is 1. The van der Waals surface area contributed by atoms with E-state index >= 15 is 0 Å². The number of amides is 2. The third kappa shape index (κ3) is 3.37. The standard InChI is InChI=1S/C25H39N3O3/c1-18(29)8-2-3-11-24(21(26)30)19-9-10-20(23(19)13-14-23)25(24,22(27)31)12-4-5-15-28-16-6-7-17-28/h9-10,19-20H,2-8,11-17H2,1H3,(H2,26,30)(H2,27,31)/t19-,20+,24-,25-/m0/s1. The van der Waals surface area contributed by atoms with Crippen LogP contribution in [0.15, 0.2) is 12.2 Å². The molecule has 0 aromatic rings. The summed E-state index contributed by atoms with van der Waals surface area (Å²) in [7, 11) is 0. The van der Waals surface area contributed by atoms with E-state index in [4.69, 9.17) is 11.5 Å². The molecule has 1 saturated heterocycles. The van der Waals surface area contributed by atoms with Crippen LogP contribution in [0, 0.1) is 28.1 Å². The van der Waals surface area contributed by atoms with Crippen molar-refractivity contribution in [2.45, 2.75) is 77.6 Å². The van der Waals surface area contributed by atoms with Crippen LogP contribution in [0.2, 0.25) is 0 Å². The minimum atomic E-state index is -0.917. The Hall–Kier alpha value is -1.69. The molecule has 4 rings (SSSR count). The number of allylic oxidation sites excluding steroid dienone is 2. The maximum atomic E-state index is 13.3. The van der Waals surface area contributed by atoms with E-state index < -0.39 is 10.8 Å². The molecule has 2 saturated carbocycles. The fourth-order valence-corrected chi connectivity index (χ4v) is 7.70. The van der Waals surface area contributed by atoms with Gasteiger partial charge in [-0.25, -0.2) is 0 Å². The summed E-state index contributed by atoms with van der Waals surface area (Å²) in [6, 6.07) is 0. The fraction of sp³-hybridized carbons (Fsp3) is 0.800. The lowest BCUT2D eigenvalue weighted by molar-refractivity contribution is -0.152. The number of hydrogen-bond acceptors (Lipinski definition) is 4. The van der Waals surface area contributed by atoms with Gasteiger partial charge in [0.1, 0.15) is 5.78 Å². The first-order valence-corrected chi connectivity index (χ1v) is 12.3. The van der Waals surface area contributed by atoms with Gasteiger partial charge in [-0.05, 0) is 95.2 Å². The van der Waals surface area contributed by atoms with Gasteiger partial charge in [-0.2, -0.15) is 0 Å². The molecule has 3 aliphatic carbocycles. The summed E-state index contributed by atoms with van der Waals surface area (Å²) in [6.45, 7) is 4.97. The first kappa shape index (κ1) is 22.5. The predicted octanol–water partition coefficient (Wildman–Crippen LogP) is 2.94. The van der Waals surface area contributed by atoms with Crippen molar-refractivity contribution >= 4 is 17.6 Å². The highest BCUT2D eigenvalue weighted by Crippen LogP contribution is 2.81. The second-order valence-corrected chi connectivity index (χ2v) is 10.7. The van der Waals surface area contributed by atoms with Crippen molar-refractivity contribution in [1.29, 1.82) is 0 Å². The molecule has 3 fully saturated rings. The molecule has 2 amide bonds. The second-order valence-electron chi connectivity index (χ2n) is 10.7. The maximum Gasteiger partial charge on any atom is 0.225 e. The van der Waals surface area contributed by atoms with Gasteiger partial charge in [-0.3, -0.25) is 9.59 Å². The number of carbonyl (C=O) groups excluding carboxylic acids is 3. The number of nitrogens with two attached hydrogens (primary N) is 2. The molecule has 2 bridgehead atoms. The Morgan fingerprint density at radius 3 is 1.84 bits per heavy atom. The Morgan fingerprint density at radius 1 is 0.871 bits per heavy atom. The fourth-order valence-electron chi connectivity index (χ4n) is 7.70. The molecule has 6 nitrogen and oxygen atoms in total. The van der Waals surface area contributed by atoms with Crippen molar-refractivity contribution in [1.82, 2.24) is 4.90 Å². The number of Topliss-reactive ketones (excluding diaryl/α,β-unsaturated/α-hetero) is 1. The highest BCUT2D eigenvalue weighted by molar-refractivity contribution is 5.95. The normalized spacial score (nSPS) is 35.1. The average Bonchev–Trinajstić information content (AvgIpc) is 3.09. The molecular formula is C25H39N3O3. The van der Waals surface area contributed by atoms with E-state index in [1.807, 2.05) is 0 Å². The highest BCUT2D eigenvalue weighted by Gasteiger charge is 2.81. The van der Waals surface area contributed by atoms with E-state index in [2.05, 4.69) is 17.1 Å². The SMILES string of the molecule is CC(=O)CCCC[C@@]1(C(N)=O)[C@H]2C=C[C@H](C23CC3)[C@@]1(CCCCN1CCCC1)C(N)=O. The molecule has 31 heavy (non-hydrogen) atoms. The van der Waals surface area contributed by atoms with Crippen LogP contribution in [0.4, 0.5) is 0 Å². The quantitative estimate of drug-likeness (QED) is 0.367. The van der Waals surface area contributed by atoms with Crippen molar-refractivity contribution < 1.29 is 14.4 Å². The van der Waals surface area contributed by atoms with Crippen LogP contribution in [-0.2, 0) is 14.4 Å². The van der Waals surface area contributed by atoms with Gasteiger partial charge in [0.05, 0.1) is 10.8 Å². The summed E-state index contributed by atoms with van der Waals surface area (Å²) in [5.41, 5.74) is 10.6. The molecule has 4 N–H and O–H groups in total. The minimum absolute atomic E-state index is 0.000409. The van der Waals surface area contributed by atoms with Crippen LogP contribution in [0.25, 0.3) is 0 Å². The zero-order chi connectivity index (χ0) is 22.3. The second kappa shape index (κ2) is 8.34. The number of ketones is 1. The molecule has 0 aromatic carbocycles. The Kier molecular flexibility index (Phi) is 6.06. The summed E-state index contributed by atoms with van der Waals surface area (Å²) in [5.74, 6) is -0.526. The average molecular weight is 430 g/mol. The molecule has 172 valence electrons. The van der Waals surface area contributed by atoms with E-state index in [0.717, 1.165) is 45.1 Å². The lowest BCUT2D eigenvalue weighted by atomic mass is 9.53. The number of likely N-dealkylation sites (tertiary alicyclic amines) is 1. The monoisotopic (exact) mass is 429 g/mol. The van der Waals surface area contributed by atoms with Crippen LogP contribution in [0.3, 0.4) is 0 Å². The summed E-state index contributed by atoms with van der Waals surface area (Å²) < 4.78 is 0. The zero-order valence-corrected chi connectivity index (χ0v) is 19.0. The summed E-state index contributed by atoms with van der Waals surface area (Å²) in [5, 5.41) is 0. The van der Waals surface area contributed by atoms with Gasteiger partial charge >= 0.3 is 0 Å². The molecule has 4 aliphatic rings. The van der Waals surface area contributed by atoms with E-state index in [-0.39, 0.29) is 34.8 Å². The smallest absolute Gasteiger partial charge is 0.225 e. The van der Waals surface area contributed by atoms with Gasteiger partial charge in [-0.15, -0.1) is 0 Å². The van der Waals surface area contributed by atoms with Crippen LogP contribution in [0.5, 0.6) is 0 Å². The van der Waals surface area contributed by atoms with Gasteiger partial charge in [0.15, 0.2) is 0 Å². The largest absolute Gasteiger partial charge is 0.369 e. The topological polar surface area (TPSA) is 106 Å². The van der Waals surface area contributed by atoms with Crippen molar-refractivity contribution in [3.63, 3.8) is 0 Å². The molecule has 1 aliphatic heterocycles. The van der Waals surface area contributed by atoms with Crippen LogP contribution in [0.1, 0.15) is 77.6 Å². The highest BCUT2D eigenvalue weighted by atomic mass is 16.2. The lowest BCUT2D eigenvalue weighted by Crippen LogP contribution is -2.59. The number of unbranched alkanes of at least 4 members (excludes halogenated alkanes) is 2. The third-order valence-electron chi connectivity index (χ3n) is 9.14. The Bertz CT molecular complexity index is 768. The summed E-state index contributed by atoms with van der Waals surface area (Å²) in [4.78, 5) is 40.4. The van der Waals surface area contributed by atoms with Gasteiger partial charge < -0.3 is 21.2 Å². The lowest BCUT2D eigenvalue weighted by Gasteiger charge is -2.48. The van der Waals surface area contributed by atoms with E-state index in [0.29, 0.717) is 19.3 Å². The maximum absolute atomic E-state index is 13.3. The van der Waals surface area contributed by atoms with Gasteiger partial charge in [-0.1, -0.05) is 25.0 Å². The Morgan fingerprint density at radius 2 is 1.39 bits per heavy atom. The molecule has 1 heterocycles. The Balaban J connectivity index is 1.59. The van der Waals surface area contributed by atoms with E-state index in [9.17, 15) is 14.4 Å². The third-order valence-corrected chi connectivity index (χ3v) is 9.14. The minimum Gasteiger partial charge on any atom is -0.369 e. The molecule has 1 spiro atoms. The number of rotatable bonds is 12.